The topological polar surface area (TPSA) is 87.7 Å². The number of amides is 1. The van der Waals surface area contributed by atoms with E-state index in [2.05, 4.69) is 16.0 Å². The number of rotatable bonds is 9. The van der Waals surface area contributed by atoms with Gasteiger partial charge in [0.05, 0.1) is 23.5 Å². The van der Waals surface area contributed by atoms with Gasteiger partial charge < -0.3 is 24.5 Å². The van der Waals surface area contributed by atoms with E-state index >= 15 is 0 Å². The summed E-state index contributed by atoms with van der Waals surface area (Å²) in [5.41, 5.74) is 11.3. The summed E-state index contributed by atoms with van der Waals surface area (Å²) in [5.74, 6) is 1.32. The van der Waals surface area contributed by atoms with E-state index in [1.54, 1.807) is 7.11 Å². The number of carbonyl (C=O) groups is 1. The first-order valence-electron chi connectivity index (χ1n) is 12.2. The second kappa shape index (κ2) is 9.58. The number of hydrogen-bond donors (Lipinski definition) is 2. The predicted octanol–water partition coefficient (Wildman–Crippen LogP) is 5.99. The molecule has 2 aromatic carbocycles. The zero-order valence-electron chi connectivity index (χ0n) is 19.9. The quantitative estimate of drug-likeness (QED) is 0.381. The number of nitrogens with zero attached hydrogens (tertiary/aromatic N) is 1. The minimum atomic E-state index is -0.406. The minimum Gasteiger partial charge on any atom is -0.491 e. The summed E-state index contributed by atoms with van der Waals surface area (Å²) >= 11 is 0. The van der Waals surface area contributed by atoms with Crippen LogP contribution in [0.25, 0.3) is 22.2 Å². The first-order valence-corrected chi connectivity index (χ1v) is 12.2. The van der Waals surface area contributed by atoms with Crippen LogP contribution in [0.15, 0.2) is 42.5 Å². The van der Waals surface area contributed by atoms with E-state index in [-0.39, 0.29) is 6.10 Å². The molecule has 2 aliphatic carbocycles. The number of carbonyl (C=O) groups excluding carboxylic acids is 1. The molecule has 1 amide bonds. The molecule has 3 aromatic rings. The van der Waals surface area contributed by atoms with Gasteiger partial charge in [0.1, 0.15) is 18.5 Å². The van der Waals surface area contributed by atoms with Gasteiger partial charge in [-0.1, -0.05) is 12.1 Å². The van der Waals surface area contributed by atoms with Gasteiger partial charge in [-0.05, 0) is 69.2 Å². The number of nitrogens with two attached hydrogens (primary N) is 1. The fourth-order valence-corrected chi connectivity index (χ4v) is 4.66. The highest BCUT2D eigenvalue weighted by molar-refractivity contribution is 6.01. The molecule has 180 valence electrons. The van der Waals surface area contributed by atoms with Gasteiger partial charge in [0.25, 0.3) is 0 Å². The lowest BCUT2D eigenvalue weighted by Gasteiger charge is -2.30. The Bertz CT molecular complexity index is 1160. The monoisotopic (exact) mass is 463 g/mol. The molecule has 1 unspecified atom stereocenters. The Kier molecular flexibility index (Phi) is 6.37. The molecule has 0 bridgehead atoms. The highest BCUT2D eigenvalue weighted by atomic mass is 16.6. The van der Waals surface area contributed by atoms with Crippen LogP contribution in [0.4, 0.5) is 16.2 Å². The maximum absolute atomic E-state index is 12.2. The number of anilines is 2. The summed E-state index contributed by atoms with van der Waals surface area (Å²) in [4.78, 5) is 12.2. The number of nitrogens with one attached hydrogen (secondary N) is 1. The molecule has 34 heavy (non-hydrogen) atoms. The van der Waals surface area contributed by atoms with Crippen molar-refractivity contribution in [1.29, 1.82) is 0 Å². The first-order chi connectivity index (χ1) is 16.5. The summed E-state index contributed by atoms with van der Waals surface area (Å²) < 4.78 is 18.8. The maximum Gasteiger partial charge on any atom is 0.411 e. The van der Waals surface area contributed by atoms with E-state index in [0.717, 1.165) is 59.3 Å². The van der Waals surface area contributed by atoms with E-state index in [9.17, 15) is 4.79 Å². The Labute approximate surface area is 200 Å². The third-order valence-corrected chi connectivity index (χ3v) is 6.99. The molecule has 2 aliphatic rings. The molecule has 0 spiro atoms. The van der Waals surface area contributed by atoms with Crippen molar-refractivity contribution in [2.24, 2.45) is 5.92 Å². The molecule has 0 aliphatic heterocycles. The van der Waals surface area contributed by atoms with Gasteiger partial charge in [-0.2, -0.15) is 0 Å². The third-order valence-electron chi connectivity index (χ3n) is 6.99. The van der Waals surface area contributed by atoms with Crippen molar-refractivity contribution in [3.63, 3.8) is 0 Å². The molecular weight excluding hydrogens is 430 g/mol. The van der Waals surface area contributed by atoms with Crippen molar-refractivity contribution in [2.75, 3.05) is 31.4 Å². The first kappa shape index (κ1) is 22.6. The summed E-state index contributed by atoms with van der Waals surface area (Å²) in [6.07, 6.45) is 5.32. The number of nitrogen functional groups attached to an aromatic ring is 1. The Balaban J connectivity index is 1.41. The SMILES string of the molecule is COCCOc1ccc2c(N)c(-c3ccc(NC(=O)OC(C)C4CC4)cc3)n(C3CCC3)c2c1. The van der Waals surface area contributed by atoms with E-state index in [0.29, 0.717) is 30.9 Å². The molecule has 1 atom stereocenters. The number of aromatic nitrogens is 1. The van der Waals surface area contributed by atoms with Crippen molar-refractivity contribution in [3.8, 4) is 17.0 Å². The second-order valence-corrected chi connectivity index (χ2v) is 9.39. The van der Waals surface area contributed by atoms with Crippen molar-refractivity contribution < 1.29 is 19.0 Å². The van der Waals surface area contributed by atoms with Crippen LogP contribution in [-0.4, -0.2) is 37.1 Å². The molecule has 7 heteroatoms. The van der Waals surface area contributed by atoms with Crippen LogP contribution in [0, 0.1) is 5.92 Å². The van der Waals surface area contributed by atoms with Gasteiger partial charge in [-0.3, -0.25) is 5.32 Å². The van der Waals surface area contributed by atoms with Crippen molar-refractivity contribution in [2.45, 2.75) is 51.2 Å². The highest BCUT2D eigenvalue weighted by Crippen LogP contribution is 2.45. The molecule has 3 N–H and O–H groups in total. The van der Waals surface area contributed by atoms with Gasteiger partial charge >= 0.3 is 6.09 Å². The standard InChI is InChI=1S/C27H33N3O4/c1-17(18-6-7-18)34-27(31)29-20-10-8-19(9-11-20)26-25(28)23-13-12-22(33-15-14-32-2)16-24(23)30(26)21-4-3-5-21/h8-13,16-18,21H,3-7,14-15,28H2,1-2H3,(H,29,31). The van der Waals surface area contributed by atoms with E-state index in [1.807, 2.05) is 43.3 Å². The van der Waals surface area contributed by atoms with E-state index in [4.69, 9.17) is 19.9 Å². The zero-order valence-corrected chi connectivity index (χ0v) is 19.9. The molecule has 5 rings (SSSR count). The number of fused-ring (bicyclic) bond motifs is 1. The van der Waals surface area contributed by atoms with E-state index in [1.165, 1.54) is 6.42 Å². The number of ether oxygens (including phenoxy) is 3. The predicted molar refractivity (Wildman–Crippen MR) is 134 cm³/mol. The van der Waals surface area contributed by atoms with Crippen LogP contribution in [0.1, 0.15) is 45.1 Å². The Morgan fingerprint density at radius 1 is 1.12 bits per heavy atom. The number of methoxy groups -OCH3 is 1. The van der Waals surface area contributed by atoms with Crippen LogP contribution < -0.4 is 15.8 Å². The summed E-state index contributed by atoms with van der Waals surface area (Å²) in [6.45, 7) is 3.00. The minimum absolute atomic E-state index is 0.0411. The normalized spacial score (nSPS) is 16.8. The smallest absolute Gasteiger partial charge is 0.411 e. The van der Waals surface area contributed by atoms with Crippen LogP contribution in [0.3, 0.4) is 0 Å². The van der Waals surface area contributed by atoms with Crippen molar-refractivity contribution in [1.82, 2.24) is 4.57 Å². The van der Waals surface area contributed by atoms with Gasteiger partial charge in [-0.25, -0.2) is 4.79 Å². The third kappa shape index (κ3) is 4.57. The molecule has 7 nitrogen and oxygen atoms in total. The largest absolute Gasteiger partial charge is 0.491 e. The van der Waals surface area contributed by atoms with Gasteiger partial charge in [0.2, 0.25) is 0 Å². The average molecular weight is 464 g/mol. The average Bonchev–Trinajstić information content (AvgIpc) is 3.60. The van der Waals surface area contributed by atoms with Crippen molar-refractivity contribution >= 4 is 28.4 Å². The Hall–Kier alpha value is -3.19. The molecular formula is C27H33N3O4. The Morgan fingerprint density at radius 3 is 2.53 bits per heavy atom. The van der Waals surface area contributed by atoms with Crippen LogP contribution in [0.5, 0.6) is 5.75 Å². The Morgan fingerprint density at radius 2 is 1.88 bits per heavy atom. The number of benzene rings is 2. The summed E-state index contributed by atoms with van der Waals surface area (Å²) in [7, 11) is 1.67. The molecule has 0 radical (unpaired) electrons. The van der Waals surface area contributed by atoms with Crippen LogP contribution in [0.2, 0.25) is 0 Å². The van der Waals surface area contributed by atoms with Crippen LogP contribution >= 0.6 is 0 Å². The highest BCUT2D eigenvalue weighted by Gasteiger charge is 2.31. The molecule has 2 saturated carbocycles. The molecule has 2 fully saturated rings. The second-order valence-electron chi connectivity index (χ2n) is 9.39. The van der Waals surface area contributed by atoms with E-state index < -0.39 is 6.09 Å². The van der Waals surface area contributed by atoms with Gasteiger partial charge in [-0.15, -0.1) is 0 Å². The van der Waals surface area contributed by atoms with Gasteiger partial charge in [0.15, 0.2) is 0 Å². The lowest BCUT2D eigenvalue weighted by molar-refractivity contribution is 0.108. The number of hydrogen-bond acceptors (Lipinski definition) is 5. The summed E-state index contributed by atoms with van der Waals surface area (Å²) in [6, 6.07) is 14.3. The molecule has 1 aromatic heterocycles. The maximum atomic E-state index is 12.2. The fraction of sp³-hybridized carbons (Fsp3) is 0.444. The van der Waals surface area contributed by atoms with Crippen molar-refractivity contribution in [3.05, 3.63) is 42.5 Å². The summed E-state index contributed by atoms with van der Waals surface area (Å²) in [5, 5.41) is 3.87. The van der Waals surface area contributed by atoms with Crippen LogP contribution in [-0.2, 0) is 9.47 Å². The fourth-order valence-electron chi connectivity index (χ4n) is 4.66. The zero-order chi connectivity index (χ0) is 23.7. The lowest BCUT2D eigenvalue weighted by atomic mass is 9.92. The molecule has 1 heterocycles. The lowest BCUT2D eigenvalue weighted by Crippen LogP contribution is -2.21. The van der Waals surface area contributed by atoms with Gasteiger partial charge in [0, 0.05) is 35.9 Å². The molecule has 0 saturated heterocycles.